The van der Waals surface area contributed by atoms with Crippen molar-refractivity contribution >= 4 is 5.78 Å². The number of aromatic nitrogens is 1. The number of Topliss-reactive ketones (excluding diaryl/α,β-unsaturated/α-hetero) is 1. The average molecular weight is 240 g/mol. The molecule has 18 heavy (non-hydrogen) atoms. The Balaban J connectivity index is 2.66. The van der Waals surface area contributed by atoms with E-state index in [0.717, 1.165) is 0 Å². The maximum absolute atomic E-state index is 13.3. The van der Waals surface area contributed by atoms with Crippen molar-refractivity contribution in [3.63, 3.8) is 0 Å². The SMILES string of the molecule is CC(=O)c1ccc(F)cc1-c1cncc(C#N)c1. The van der Waals surface area contributed by atoms with Gasteiger partial charge >= 0.3 is 0 Å². The molecule has 1 aromatic heterocycles. The smallest absolute Gasteiger partial charge is 0.160 e. The van der Waals surface area contributed by atoms with Crippen molar-refractivity contribution in [3.05, 3.63) is 53.6 Å². The van der Waals surface area contributed by atoms with Gasteiger partial charge in [-0.15, -0.1) is 0 Å². The van der Waals surface area contributed by atoms with Gasteiger partial charge in [-0.3, -0.25) is 9.78 Å². The molecular formula is C14H9FN2O. The summed E-state index contributed by atoms with van der Waals surface area (Å²) in [5.74, 6) is -0.593. The highest BCUT2D eigenvalue weighted by molar-refractivity contribution is 6.00. The van der Waals surface area contributed by atoms with Crippen LogP contribution in [0.25, 0.3) is 11.1 Å². The number of carbonyl (C=O) groups excluding carboxylic acids is 1. The summed E-state index contributed by atoms with van der Waals surface area (Å²) in [6.45, 7) is 1.41. The number of benzene rings is 1. The highest BCUT2D eigenvalue weighted by Gasteiger charge is 2.11. The zero-order valence-electron chi connectivity index (χ0n) is 9.64. The lowest BCUT2D eigenvalue weighted by atomic mass is 9.98. The van der Waals surface area contributed by atoms with Crippen LogP contribution in [0.15, 0.2) is 36.7 Å². The predicted molar refractivity (Wildman–Crippen MR) is 64.4 cm³/mol. The van der Waals surface area contributed by atoms with Crippen LogP contribution in [0.5, 0.6) is 0 Å². The van der Waals surface area contributed by atoms with Crippen LogP contribution in [0.4, 0.5) is 4.39 Å². The first kappa shape index (κ1) is 11.9. The van der Waals surface area contributed by atoms with Crippen molar-refractivity contribution in [2.75, 3.05) is 0 Å². The third kappa shape index (κ3) is 2.25. The van der Waals surface area contributed by atoms with Gasteiger partial charge in [0.05, 0.1) is 5.56 Å². The fraction of sp³-hybridized carbons (Fsp3) is 0.0714. The van der Waals surface area contributed by atoms with Crippen molar-refractivity contribution in [1.82, 2.24) is 4.98 Å². The largest absolute Gasteiger partial charge is 0.294 e. The molecule has 1 heterocycles. The number of nitriles is 1. The van der Waals surface area contributed by atoms with Crippen LogP contribution in [0.2, 0.25) is 0 Å². The van der Waals surface area contributed by atoms with Gasteiger partial charge in [0.15, 0.2) is 5.78 Å². The molecule has 0 bridgehead atoms. The molecule has 0 saturated carbocycles. The van der Waals surface area contributed by atoms with Crippen molar-refractivity contribution < 1.29 is 9.18 Å². The number of ketones is 1. The number of nitrogens with zero attached hydrogens (tertiary/aromatic N) is 2. The Hall–Kier alpha value is -2.54. The summed E-state index contributed by atoms with van der Waals surface area (Å²) >= 11 is 0. The monoisotopic (exact) mass is 240 g/mol. The van der Waals surface area contributed by atoms with Gasteiger partial charge in [-0.1, -0.05) is 0 Å². The molecule has 0 aliphatic heterocycles. The van der Waals surface area contributed by atoms with Gasteiger partial charge in [0.2, 0.25) is 0 Å². The van der Waals surface area contributed by atoms with Gasteiger partial charge in [-0.25, -0.2) is 4.39 Å². The summed E-state index contributed by atoms with van der Waals surface area (Å²) in [6.07, 6.45) is 2.91. The summed E-state index contributed by atoms with van der Waals surface area (Å²) in [6, 6.07) is 7.48. The summed E-state index contributed by atoms with van der Waals surface area (Å²) in [5.41, 5.74) is 1.78. The minimum atomic E-state index is -0.433. The Morgan fingerprint density at radius 1 is 1.33 bits per heavy atom. The quantitative estimate of drug-likeness (QED) is 0.758. The molecule has 3 nitrogen and oxygen atoms in total. The lowest BCUT2D eigenvalue weighted by Gasteiger charge is -2.07. The fourth-order valence-corrected chi connectivity index (χ4v) is 1.71. The van der Waals surface area contributed by atoms with E-state index < -0.39 is 5.82 Å². The molecule has 0 atom stereocenters. The molecule has 88 valence electrons. The minimum absolute atomic E-state index is 0.160. The zero-order chi connectivity index (χ0) is 13.1. The van der Waals surface area contributed by atoms with Crippen LogP contribution in [0.1, 0.15) is 22.8 Å². The van der Waals surface area contributed by atoms with Gasteiger partial charge < -0.3 is 0 Å². The molecule has 1 aromatic carbocycles. The standard InChI is InChI=1S/C14H9FN2O/c1-9(18)13-3-2-12(15)5-14(13)11-4-10(6-16)7-17-8-11/h2-5,7-8H,1H3. The topological polar surface area (TPSA) is 53.8 Å². The molecule has 0 aliphatic carbocycles. The number of hydrogen-bond donors (Lipinski definition) is 0. The molecule has 2 rings (SSSR count). The molecule has 0 N–H and O–H groups in total. The first-order valence-electron chi connectivity index (χ1n) is 5.28. The Labute approximate surface area is 104 Å². The van der Waals surface area contributed by atoms with Gasteiger partial charge in [0.25, 0.3) is 0 Å². The summed E-state index contributed by atoms with van der Waals surface area (Å²) in [4.78, 5) is 15.4. The normalized spacial score (nSPS) is 9.83. The number of hydrogen-bond acceptors (Lipinski definition) is 3. The molecule has 0 fully saturated rings. The molecular weight excluding hydrogens is 231 g/mol. The first-order chi connectivity index (χ1) is 8.61. The van der Waals surface area contributed by atoms with E-state index in [-0.39, 0.29) is 5.78 Å². The molecule has 0 unspecified atom stereocenters. The van der Waals surface area contributed by atoms with E-state index in [0.29, 0.717) is 22.3 Å². The van der Waals surface area contributed by atoms with Crippen LogP contribution >= 0.6 is 0 Å². The van der Waals surface area contributed by atoms with E-state index in [2.05, 4.69) is 4.98 Å². The molecule has 0 spiro atoms. The Kier molecular flexibility index (Phi) is 3.16. The maximum atomic E-state index is 13.3. The first-order valence-corrected chi connectivity index (χ1v) is 5.28. The van der Waals surface area contributed by atoms with Crippen molar-refractivity contribution in [1.29, 1.82) is 5.26 Å². The summed E-state index contributed by atoms with van der Waals surface area (Å²) < 4.78 is 13.3. The van der Waals surface area contributed by atoms with Crippen LogP contribution < -0.4 is 0 Å². The van der Waals surface area contributed by atoms with E-state index in [1.807, 2.05) is 6.07 Å². The van der Waals surface area contributed by atoms with Crippen molar-refractivity contribution in [2.45, 2.75) is 6.92 Å². The zero-order valence-corrected chi connectivity index (χ0v) is 9.64. The van der Waals surface area contributed by atoms with Crippen LogP contribution in [-0.2, 0) is 0 Å². The maximum Gasteiger partial charge on any atom is 0.160 e. The van der Waals surface area contributed by atoms with E-state index >= 15 is 0 Å². The van der Waals surface area contributed by atoms with E-state index in [4.69, 9.17) is 5.26 Å². The second-order valence-corrected chi connectivity index (χ2v) is 3.82. The van der Waals surface area contributed by atoms with E-state index in [1.54, 1.807) is 6.07 Å². The highest BCUT2D eigenvalue weighted by atomic mass is 19.1. The number of rotatable bonds is 2. The Morgan fingerprint density at radius 3 is 2.78 bits per heavy atom. The van der Waals surface area contributed by atoms with Crippen LogP contribution in [0.3, 0.4) is 0 Å². The minimum Gasteiger partial charge on any atom is -0.294 e. The van der Waals surface area contributed by atoms with Gasteiger partial charge in [0, 0.05) is 23.5 Å². The number of pyridine rings is 1. The van der Waals surface area contributed by atoms with Crippen LogP contribution in [0, 0.1) is 17.1 Å². The Morgan fingerprint density at radius 2 is 2.11 bits per heavy atom. The van der Waals surface area contributed by atoms with Crippen molar-refractivity contribution in [3.8, 4) is 17.2 Å². The van der Waals surface area contributed by atoms with E-state index in [9.17, 15) is 9.18 Å². The third-order valence-electron chi connectivity index (χ3n) is 2.54. The fourth-order valence-electron chi connectivity index (χ4n) is 1.71. The molecule has 4 heteroatoms. The molecule has 0 radical (unpaired) electrons. The summed E-state index contributed by atoms with van der Waals surface area (Å²) in [5, 5.41) is 8.81. The second-order valence-electron chi connectivity index (χ2n) is 3.82. The molecule has 0 amide bonds. The predicted octanol–water partition coefficient (Wildman–Crippen LogP) is 2.96. The van der Waals surface area contributed by atoms with Gasteiger partial charge in [-0.05, 0) is 36.8 Å². The average Bonchev–Trinajstić information content (AvgIpc) is 2.38. The molecule has 2 aromatic rings. The van der Waals surface area contributed by atoms with E-state index in [1.165, 1.54) is 37.5 Å². The highest BCUT2D eigenvalue weighted by Crippen LogP contribution is 2.25. The Bertz CT molecular complexity index is 659. The lowest BCUT2D eigenvalue weighted by molar-refractivity contribution is 0.101. The summed E-state index contributed by atoms with van der Waals surface area (Å²) in [7, 11) is 0. The van der Waals surface area contributed by atoms with Crippen LogP contribution in [-0.4, -0.2) is 10.8 Å². The molecule has 0 aliphatic rings. The third-order valence-corrected chi connectivity index (χ3v) is 2.54. The number of halogens is 1. The number of carbonyl (C=O) groups is 1. The van der Waals surface area contributed by atoms with Crippen molar-refractivity contribution in [2.24, 2.45) is 0 Å². The lowest BCUT2D eigenvalue weighted by Crippen LogP contribution is -1.97. The van der Waals surface area contributed by atoms with Gasteiger partial charge in [0.1, 0.15) is 11.9 Å². The second kappa shape index (κ2) is 4.76. The molecule has 0 saturated heterocycles. The van der Waals surface area contributed by atoms with Gasteiger partial charge in [-0.2, -0.15) is 5.26 Å².